The molecule has 0 spiro atoms. The minimum atomic E-state index is -0.136. The number of hydrogen-bond acceptors (Lipinski definition) is 4. The molecule has 0 unspecified atom stereocenters. The van der Waals surface area contributed by atoms with Crippen LogP contribution < -0.4 is 4.90 Å². The predicted molar refractivity (Wildman–Crippen MR) is 95.5 cm³/mol. The molecule has 7 heteroatoms. The molecule has 0 aliphatic rings. The summed E-state index contributed by atoms with van der Waals surface area (Å²) in [6, 6.07) is 11.1. The number of pyridine rings is 1. The smallest absolute Gasteiger partial charge is 0.254 e. The van der Waals surface area contributed by atoms with E-state index in [2.05, 4.69) is 15.0 Å². The number of halogens is 1. The van der Waals surface area contributed by atoms with E-state index < -0.39 is 0 Å². The van der Waals surface area contributed by atoms with Gasteiger partial charge in [0, 0.05) is 26.7 Å². The molecule has 0 atom stereocenters. The fraction of sp³-hybridized carbons (Fsp3) is 0.235. The molecule has 3 aromatic rings. The molecule has 1 N–H and O–H groups in total. The highest BCUT2D eigenvalue weighted by atomic mass is 35.5. The highest BCUT2D eigenvalue weighted by Crippen LogP contribution is 2.18. The Morgan fingerprint density at radius 2 is 1.92 bits per heavy atom. The zero-order valence-corrected chi connectivity index (χ0v) is 14.5. The molecule has 0 fully saturated rings. The summed E-state index contributed by atoms with van der Waals surface area (Å²) in [4.78, 5) is 28.0. The molecule has 0 radical (unpaired) electrons. The van der Waals surface area contributed by atoms with Crippen LogP contribution in [0.3, 0.4) is 0 Å². The monoisotopic (exact) mass is 343 g/mol. The summed E-state index contributed by atoms with van der Waals surface area (Å²) in [5, 5.41) is 0.293. The molecule has 0 aliphatic heterocycles. The number of amides is 1. The second kappa shape index (κ2) is 6.49. The van der Waals surface area contributed by atoms with Crippen molar-refractivity contribution < 1.29 is 4.79 Å². The van der Waals surface area contributed by atoms with Crippen molar-refractivity contribution in [2.24, 2.45) is 0 Å². The summed E-state index contributed by atoms with van der Waals surface area (Å²) in [7, 11) is 5.44. The Kier molecular flexibility index (Phi) is 4.40. The van der Waals surface area contributed by atoms with Crippen molar-refractivity contribution >= 4 is 34.4 Å². The Balaban J connectivity index is 1.81. The molecule has 124 valence electrons. The van der Waals surface area contributed by atoms with Gasteiger partial charge in [0.25, 0.3) is 5.91 Å². The molecule has 6 nitrogen and oxygen atoms in total. The van der Waals surface area contributed by atoms with Gasteiger partial charge in [-0.1, -0.05) is 23.7 Å². The van der Waals surface area contributed by atoms with Gasteiger partial charge in [-0.3, -0.25) is 4.79 Å². The molecule has 3 rings (SSSR count). The van der Waals surface area contributed by atoms with Crippen molar-refractivity contribution in [3.63, 3.8) is 0 Å². The molecular weight excluding hydrogens is 326 g/mol. The van der Waals surface area contributed by atoms with Crippen LogP contribution in [0.2, 0.25) is 5.15 Å². The number of fused-ring (bicyclic) bond motifs is 1. The van der Waals surface area contributed by atoms with E-state index in [1.54, 1.807) is 24.1 Å². The third-order valence-electron chi connectivity index (χ3n) is 3.66. The first kappa shape index (κ1) is 16.3. The summed E-state index contributed by atoms with van der Waals surface area (Å²) in [5.41, 5.74) is 2.34. The molecule has 1 aromatic carbocycles. The quantitative estimate of drug-likeness (QED) is 0.740. The molecule has 0 saturated heterocycles. The van der Waals surface area contributed by atoms with Crippen LogP contribution in [0.1, 0.15) is 16.2 Å². The number of carbonyl (C=O) groups excluding carboxylic acids is 1. The van der Waals surface area contributed by atoms with E-state index in [0.717, 1.165) is 16.9 Å². The largest absolute Gasteiger partial charge is 0.363 e. The average Bonchev–Trinajstić information content (AvgIpc) is 2.95. The van der Waals surface area contributed by atoms with E-state index in [1.807, 2.05) is 43.3 Å². The van der Waals surface area contributed by atoms with Crippen LogP contribution in [0, 0.1) is 0 Å². The first-order chi connectivity index (χ1) is 11.4. The molecular formula is C17H18ClN5O. The fourth-order valence-electron chi connectivity index (χ4n) is 2.43. The number of rotatable bonds is 4. The number of anilines is 1. The summed E-state index contributed by atoms with van der Waals surface area (Å²) < 4.78 is 0. The van der Waals surface area contributed by atoms with Gasteiger partial charge in [0.15, 0.2) is 0 Å². The van der Waals surface area contributed by atoms with Crippen LogP contribution >= 0.6 is 11.6 Å². The number of nitrogens with zero attached hydrogens (tertiary/aromatic N) is 4. The van der Waals surface area contributed by atoms with Crippen molar-refractivity contribution in [3.05, 3.63) is 52.9 Å². The molecule has 0 bridgehead atoms. The number of aromatic nitrogens is 3. The third kappa shape index (κ3) is 3.33. The van der Waals surface area contributed by atoms with Crippen LogP contribution in [0.5, 0.6) is 0 Å². The number of H-pyrrole nitrogens is 1. The summed E-state index contributed by atoms with van der Waals surface area (Å²) >= 11 is 6.03. The Morgan fingerprint density at radius 1 is 1.17 bits per heavy atom. The first-order valence-electron chi connectivity index (χ1n) is 7.48. The second-order valence-electron chi connectivity index (χ2n) is 5.79. The number of imidazole rings is 1. The van der Waals surface area contributed by atoms with Crippen molar-refractivity contribution in [2.75, 3.05) is 26.0 Å². The number of hydrogen-bond donors (Lipinski definition) is 1. The van der Waals surface area contributed by atoms with Gasteiger partial charge in [-0.15, -0.1) is 0 Å². The van der Waals surface area contributed by atoms with E-state index in [0.29, 0.717) is 23.1 Å². The highest BCUT2D eigenvalue weighted by Gasteiger charge is 2.16. The average molecular weight is 344 g/mol. The van der Waals surface area contributed by atoms with Crippen LogP contribution in [0.4, 0.5) is 5.82 Å². The van der Waals surface area contributed by atoms with Crippen molar-refractivity contribution in [2.45, 2.75) is 6.54 Å². The molecule has 2 aromatic heterocycles. The number of benzene rings is 1. The fourth-order valence-corrected chi connectivity index (χ4v) is 2.64. The van der Waals surface area contributed by atoms with Crippen molar-refractivity contribution in [1.82, 2.24) is 19.9 Å². The molecule has 24 heavy (non-hydrogen) atoms. The number of nitrogens with one attached hydrogen (secondary N) is 1. The predicted octanol–water partition coefficient (Wildman–Crippen LogP) is 2.95. The van der Waals surface area contributed by atoms with Crippen LogP contribution in [0.25, 0.3) is 11.0 Å². The van der Waals surface area contributed by atoms with E-state index >= 15 is 0 Å². The minimum Gasteiger partial charge on any atom is -0.363 e. The summed E-state index contributed by atoms with van der Waals surface area (Å²) in [6.45, 7) is 0.380. The highest BCUT2D eigenvalue weighted by molar-refractivity contribution is 6.29. The van der Waals surface area contributed by atoms with Gasteiger partial charge in [0.05, 0.1) is 17.6 Å². The van der Waals surface area contributed by atoms with Gasteiger partial charge in [-0.2, -0.15) is 0 Å². The SMILES string of the molecule is CN(Cc1nc2ccccc2[nH]1)C(=O)c1cc(Cl)nc(N(C)C)c1. The van der Waals surface area contributed by atoms with Gasteiger partial charge in [-0.25, -0.2) is 9.97 Å². The topological polar surface area (TPSA) is 65.1 Å². The van der Waals surface area contributed by atoms with Gasteiger partial charge in [-0.05, 0) is 24.3 Å². The number of aromatic amines is 1. The normalized spacial score (nSPS) is 10.8. The zero-order valence-electron chi connectivity index (χ0n) is 13.7. The summed E-state index contributed by atoms with van der Waals surface area (Å²) in [6.07, 6.45) is 0. The van der Waals surface area contributed by atoms with Gasteiger partial charge < -0.3 is 14.8 Å². The molecule has 0 aliphatic carbocycles. The van der Waals surface area contributed by atoms with E-state index in [1.165, 1.54) is 0 Å². The zero-order chi connectivity index (χ0) is 17.3. The maximum atomic E-state index is 12.7. The number of carbonyl (C=O) groups is 1. The Labute approximate surface area is 145 Å². The van der Waals surface area contributed by atoms with E-state index in [9.17, 15) is 4.79 Å². The lowest BCUT2D eigenvalue weighted by molar-refractivity contribution is 0.0782. The third-order valence-corrected chi connectivity index (χ3v) is 3.85. The van der Waals surface area contributed by atoms with E-state index in [-0.39, 0.29) is 5.91 Å². The van der Waals surface area contributed by atoms with Crippen LogP contribution in [-0.4, -0.2) is 46.9 Å². The maximum Gasteiger partial charge on any atom is 0.254 e. The standard InChI is InChI=1S/C17H18ClN5O/c1-22(2)16-9-11(8-14(18)21-16)17(24)23(3)10-15-19-12-6-4-5-7-13(12)20-15/h4-9H,10H2,1-3H3,(H,19,20). The Morgan fingerprint density at radius 3 is 2.62 bits per heavy atom. The van der Waals surface area contributed by atoms with E-state index in [4.69, 9.17) is 11.6 Å². The van der Waals surface area contributed by atoms with Gasteiger partial charge >= 0.3 is 0 Å². The number of para-hydroxylation sites is 2. The summed E-state index contributed by atoms with van der Waals surface area (Å²) in [5.74, 6) is 1.24. The molecule has 1 amide bonds. The lowest BCUT2D eigenvalue weighted by Gasteiger charge is -2.18. The van der Waals surface area contributed by atoms with Crippen LogP contribution in [0.15, 0.2) is 36.4 Å². The minimum absolute atomic E-state index is 0.136. The van der Waals surface area contributed by atoms with Crippen molar-refractivity contribution in [1.29, 1.82) is 0 Å². The lowest BCUT2D eigenvalue weighted by Crippen LogP contribution is -2.27. The molecule has 2 heterocycles. The van der Waals surface area contributed by atoms with Crippen LogP contribution in [-0.2, 0) is 6.54 Å². The second-order valence-corrected chi connectivity index (χ2v) is 6.18. The lowest BCUT2D eigenvalue weighted by atomic mass is 10.2. The van der Waals surface area contributed by atoms with Gasteiger partial charge in [0.2, 0.25) is 0 Å². The first-order valence-corrected chi connectivity index (χ1v) is 7.86. The molecule has 0 saturated carbocycles. The Bertz CT molecular complexity index is 857. The maximum absolute atomic E-state index is 12.7. The van der Waals surface area contributed by atoms with Gasteiger partial charge in [0.1, 0.15) is 16.8 Å². The Hall–Kier alpha value is -2.60. The van der Waals surface area contributed by atoms with Crippen molar-refractivity contribution in [3.8, 4) is 0 Å².